The van der Waals surface area contributed by atoms with Crippen LogP contribution in [0.15, 0.2) is 12.1 Å². The topological polar surface area (TPSA) is 84.9 Å². The Hall–Kier alpha value is -1.30. The molecule has 5 nitrogen and oxygen atoms in total. The number of hydrogen-bond acceptors (Lipinski definition) is 5. The maximum Gasteiger partial charge on any atom is 0.161 e. The molecule has 0 radical (unpaired) electrons. The fraction of sp³-hybridized carbons (Fsp3) is 0.647. The highest BCUT2D eigenvalue weighted by molar-refractivity contribution is 5.51. The molecule has 1 aromatic rings. The van der Waals surface area contributed by atoms with Gasteiger partial charge in [0.1, 0.15) is 0 Å². The van der Waals surface area contributed by atoms with Crippen LogP contribution in [0.4, 0.5) is 0 Å². The number of phenols is 2. The lowest BCUT2D eigenvalue weighted by Gasteiger charge is -2.39. The van der Waals surface area contributed by atoms with E-state index in [4.69, 9.17) is 15.2 Å². The number of hydrogen-bond donors (Lipinski definition) is 3. The SMILES string of the molecule is CCC1CCCC(C2Cc3c(ccc(O)c3O)C(CN)O2)O1. The molecular weight excluding hydrogens is 282 g/mol. The summed E-state index contributed by atoms with van der Waals surface area (Å²) < 4.78 is 12.3. The van der Waals surface area contributed by atoms with E-state index in [9.17, 15) is 10.2 Å². The molecule has 4 unspecified atom stereocenters. The van der Waals surface area contributed by atoms with Crippen LogP contribution in [-0.4, -0.2) is 35.1 Å². The third-order valence-corrected chi connectivity index (χ3v) is 4.86. The van der Waals surface area contributed by atoms with E-state index < -0.39 is 0 Å². The summed E-state index contributed by atoms with van der Waals surface area (Å²) in [6.07, 6.45) is 4.69. The van der Waals surface area contributed by atoms with Crippen molar-refractivity contribution in [3.63, 3.8) is 0 Å². The van der Waals surface area contributed by atoms with Crippen molar-refractivity contribution >= 4 is 0 Å². The fourth-order valence-electron chi connectivity index (χ4n) is 3.59. The molecule has 0 aliphatic carbocycles. The lowest BCUT2D eigenvalue weighted by molar-refractivity contribution is -0.148. The minimum absolute atomic E-state index is 0.0302. The summed E-state index contributed by atoms with van der Waals surface area (Å²) in [5.74, 6) is -0.140. The molecule has 22 heavy (non-hydrogen) atoms. The molecule has 5 heteroatoms. The summed E-state index contributed by atoms with van der Waals surface area (Å²) in [6.45, 7) is 2.48. The Morgan fingerprint density at radius 3 is 2.73 bits per heavy atom. The maximum atomic E-state index is 10.2. The second-order valence-electron chi connectivity index (χ2n) is 6.24. The average molecular weight is 307 g/mol. The van der Waals surface area contributed by atoms with Crippen molar-refractivity contribution in [1.29, 1.82) is 0 Å². The van der Waals surface area contributed by atoms with Crippen molar-refractivity contribution < 1.29 is 19.7 Å². The van der Waals surface area contributed by atoms with Gasteiger partial charge in [-0.25, -0.2) is 0 Å². The molecule has 0 saturated carbocycles. The van der Waals surface area contributed by atoms with Gasteiger partial charge in [0.15, 0.2) is 11.5 Å². The lowest BCUT2D eigenvalue weighted by atomic mass is 9.88. The molecule has 4 N–H and O–H groups in total. The smallest absolute Gasteiger partial charge is 0.161 e. The first kappa shape index (κ1) is 15.6. The van der Waals surface area contributed by atoms with E-state index in [-0.39, 0.29) is 35.9 Å². The first-order valence-corrected chi connectivity index (χ1v) is 8.18. The molecule has 0 bridgehead atoms. The fourth-order valence-corrected chi connectivity index (χ4v) is 3.59. The first-order valence-electron chi connectivity index (χ1n) is 8.18. The Morgan fingerprint density at radius 2 is 2.00 bits per heavy atom. The second-order valence-corrected chi connectivity index (χ2v) is 6.24. The molecule has 3 rings (SSSR count). The van der Waals surface area contributed by atoms with Crippen molar-refractivity contribution in [2.75, 3.05) is 6.54 Å². The minimum atomic E-state index is -0.258. The van der Waals surface area contributed by atoms with E-state index in [0.29, 0.717) is 13.0 Å². The van der Waals surface area contributed by atoms with Crippen LogP contribution < -0.4 is 5.73 Å². The molecule has 2 heterocycles. The van der Waals surface area contributed by atoms with Gasteiger partial charge in [-0.05, 0) is 37.3 Å². The number of ether oxygens (including phenoxy) is 2. The summed E-state index contributed by atoms with van der Waals surface area (Å²) in [6, 6.07) is 3.28. The van der Waals surface area contributed by atoms with Gasteiger partial charge in [0.05, 0.1) is 24.4 Å². The Kier molecular flexibility index (Phi) is 4.57. The quantitative estimate of drug-likeness (QED) is 0.747. The van der Waals surface area contributed by atoms with Crippen molar-refractivity contribution in [3.8, 4) is 11.5 Å². The number of nitrogens with two attached hydrogens (primary N) is 1. The van der Waals surface area contributed by atoms with Gasteiger partial charge in [-0.2, -0.15) is 0 Å². The zero-order valence-corrected chi connectivity index (χ0v) is 13.0. The molecule has 1 saturated heterocycles. The van der Waals surface area contributed by atoms with E-state index in [1.807, 2.05) is 0 Å². The predicted molar refractivity (Wildman–Crippen MR) is 82.9 cm³/mol. The number of phenolic OH excluding ortho intramolecular Hbond substituents is 2. The van der Waals surface area contributed by atoms with E-state index in [1.165, 1.54) is 6.07 Å². The van der Waals surface area contributed by atoms with Gasteiger partial charge in [0.2, 0.25) is 0 Å². The Bertz CT molecular complexity index is 534. The number of benzene rings is 1. The molecule has 0 spiro atoms. The van der Waals surface area contributed by atoms with Gasteiger partial charge >= 0.3 is 0 Å². The molecule has 2 aliphatic heterocycles. The van der Waals surface area contributed by atoms with Gasteiger partial charge < -0.3 is 25.4 Å². The molecule has 0 amide bonds. The average Bonchev–Trinajstić information content (AvgIpc) is 2.57. The van der Waals surface area contributed by atoms with Crippen LogP contribution in [0, 0.1) is 0 Å². The Morgan fingerprint density at radius 1 is 1.18 bits per heavy atom. The largest absolute Gasteiger partial charge is 0.504 e. The second kappa shape index (κ2) is 6.44. The van der Waals surface area contributed by atoms with Crippen LogP contribution >= 0.6 is 0 Å². The van der Waals surface area contributed by atoms with Crippen molar-refractivity contribution in [2.24, 2.45) is 5.73 Å². The highest BCUT2D eigenvalue weighted by Gasteiger charge is 2.36. The van der Waals surface area contributed by atoms with E-state index in [2.05, 4.69) is 6.92 Å². The Balaban J connectivity index is 1.85. The summed E-state index contributed by atoms with van der Waals surface area (Å²) in [4.78, 5) is 0. The molecule has 0 aromatic heterocycles. The number of aromatic hydroxyl groups is 2. The standard InChI is InChI=1S/C17H25NO4/c1-2-10-4-3-5-14(21-10)15-8-12-11(16(9-18)22-15)6-7-13(19)17(12)20/h6-7,10,14-16,19-20H,2-5,8-9,18H2,1H3. The van der Waals surface area contributed by atoms with Crippen LogP contribution in [0.25, 0.3) is 0 Å². The Labute approximate surface area is 131 Å². The van der Waals surface area contributed by atoms with E-state index in [1.54, 1.807) is 6.07 Å². The molecule has 4 atom stereocenters. The van der Waals surface area contributed by atoms with Crippen LogP contribution in [0.3, 0.4) is 0 Å². The van der Waals surface area contributed by atoms with Gasteiger partial charge in [-0.1, -0.05) is 13.0 Å². The van der Waals surface area contributed by atoms with Gasteiger partial charge in [-0.15, -0.1) is 0 Å². The van der Waals surface area contributed by atoms with Gasteiger partial charge in [-0.3, -0.25) is 0 Å². The zero-order valence-electron chi connectivity index (χ0n) is 13.0. The van der Waals surface area contributed by atoms with Crippen LogP contribution in [0.1, 0.15) is 49.8 Å². The minimum Gasteiger partial charge on any atom is -0.504 e. The summed E-state index contributed by atoms with van der Waals surface area (Å²) in [5, 5.41) is 19.9. The zero-order chi connectivity index (χ0) is 15.7. The molecule has 122 valence electrons. The normalized spacial score (nSPS) is 31.7. The third kappa shape index (κ3) is 2.81. The number of rotatable bonds is 3. The molecule has 2 aliphatic rings. The summed E-state index contributed by atoms with van der Waals surface area (Å²) in [5.41, 5.74) is 7.46. The summed E-state index contributed by atoms with van der Waals surface area (Å²) in [7, 11) is 0. The van der Waals surface area contributed by atoms with Gasteiger partial charge in [0.25, 0.3) is 0 Å². The number of fused-ring (bicyclic) bond motifs is 1. The maximum absolute atomic E-state index is 10.2. The highest BCUT2D eigenvalue weighted by Crippen LogP contribution is 2.41. The summed E-state index contributed by atoms with van der Waals surface area (Å²) >= 11 is 0. The van der Waals surface area contributed by atoms with E-state index >= 15 is 0 Å². The van der Waals surface area contributed by atoms with E-state index in [0.717, 1.165) is 36.8 Å². The van der Waals surface area contributed by atoms with Crippen molar-refractivity contribution in [3.05, 3.63) is 23.3 Å². The van der Waals surface area contributed by atoms with Crippen LogP contribution in [0.5, 0.6) is 11.5 Å². The lowest BCUT2D eigenvalue weighted by Crippen LogP contribution is -2.43. The highest BCUT2D eigenvalue weighted by atomic mass is 16.6. The van der Waals surface area contributed by atoms with Crippen LogP contribution in [-0.2, 0) is 15.9 Å². The molecule has 1 aromatic carbocycles. The van der Waals surface area contributed by atoms with Gasteiger partial charge in [0, 0.05) is 18.5 Å². The molecular formula is C17H25NO4. The van der Waals surface area contributed by atoms with Crippen LogP contribution in [0.2, 0.25) is 0 Å². The third-order valence-electron chi connectivity index (χ3n) is 4.86. The van der Waals surface area contributed by atoms with Crippen molar-refractivity contribution in [1.82, 2.24) is 0 Å². The monoisotopic (exact) mass is 307 g/mol. The van der Waals surface area contributed by atoms with Crippen molar-refractivity contribution in [2.45, 2.75) is 63.4 Å². The molecule has 1 fully saturated rings. The first-order chi connectivity index (χ1) is 10.6. The predicted octanol–water partition coefficient (Wildman–Crippen LogP) is 2.39.